The van der Waals surface area contributed by atoms with E-state index in [1.165, 1.54) is 130 Å². The number of aromatic nitrogens is 12. The largest absolute Gasteiger partial charge is 0.378 e. The second-order valence-electron chi connectivity index (χ2n) is 25.8. The molecule has 7 heterocycles. The van der Waals surface area contributed by atoms with E-state index in [4.69, 9.17) is 21.3 Å². The van der Waals surface area contributed by atoms with Crippen molar-refractivity contribution in [1.29, 1.82) is 0 Å². The van der Waals surface area contributed by atoms with Crippen molar-refractivity contribution < 1.29 is 57.5 Å². The summed E-state index contributed by atoms with van der Waals surface area (Å²) in [4.78, 5) is 175. The molecule has 36 nitrogen and oxygen atoms in total. The van der Waals surface area contributed by atoms with Gasteiger partial charge in [-0.25, -0.2) is 34.9 Å². The minimum atomic E-state index is -0.721. The Bertz CT molecular complexity index is 4430. The fourth-order valence-corrected chi connectivity index (χ4v) is 14.7. The first kappa shape index (κ1) is 73.1. The number of imidazole rings is 6. The minimum Gasteiger partial charge on any atom is -0.378 e. The maximum atomic E-state index is 13.7. The Morgan fingerprint density at radius 1 is 0.524 bits per heavy atom. The first-order valence-corrected chi connectivity index (χ1v) is 34.5. The predicted molar refractivity (Wildman–Crippen MR) is 375 cm³/mol. The lowest BCUT2D eigenvalue weighted by atomic mass is 9.67. The highest BCUT2D eigenvalue weighted by Gasteiger charge is 2.55. The molecule has 38 heteroatoms. The zero-order valence-corrected chi connectivity index (χ0v) is 58.9. The Morgan fingerprint density at radius 3 is 1.40 bits per heavy atom. The first-order valence-electron chi connectivity index (χ1n) is 33.3. The van der Waals surface area contributed by atoms with E-state index in [2.05, 4.69) is 83.1 Å². The molecule has 4 saturated carbocycles. The first-order chi connectivity index (χ1) is 49.3. The lowest BCUT2D eigenvalue weighted by molar-refractivity contribution is -0.130. The van der Waals surface area contributed by atoms with Gasteiger partial charge in [0.25, 0.3) is 35.4 Å². The van der Waals surface area contributed by atoms with E-state index >= 15 is 0 Å². The molecule has 11 amide bonds. The van der Waals surface area contributed by atoms with Gasteiger partial charge in [0.2, 0.25) is 58.7 Å². The van der Waals surface area contributed by atoms with Crippen molar-refractivity contribution >= 4 is 128 Å². The van der Waals surface area contributed by atoms with Crippen molar-refractivity contribution in [2.75, 3.05) is 79.1 Å². The highest BCUT2D eigenvalue weighted by Crippen LogP contribution is 2.65. The van der Waals surface area contributed by atoms with Crippen LogP contribution in [-0.2, 0) is 71.0 Å². The van der Waals surface area contributed by atoms with E-state index in [0.29, 0.717) is 27.8 Å². The maximum Gasteiger partial charge on any atom is 0.292 e. The number of hydrogen-bond acceptors (Lipinski definition) is 20. The summed E-state index contributed by atoms with van der Waals surface area (Å²) in [5.41, 5.74) is 0.936. The zero-order chi connectivity index (χ0) is 73.2. The van der Waals surface area contributed by atoms with Gasteiger partial charge in [0.15, 0.2) is 40.1 Å². The Labute approximate surface area is 598 Å². The van der Waals surface area contributed by atoms with E-state index in [1.54, 1.807) is 56.5 Å². The van der Waals surface area contributed by atoms with Crippen LogP contribution in [0.1, 0.15) is 128 Å². The fraction of sp³-hybridized carbons (Fsp3) is 0.446. The van der Waals surface area contributed by atoms with Crippen molar-refractivity contribution in [2.45, 2.75) is 69.5 Å². The summed E-state index contributed by atoms with van der Waals surface area (Å²) in [6.45, 7) is 0.991. The highest BCUT2D eigenvalue weighted by molar-refractivity contribution is 8.15. The zero-order valence-electron chi connectivity index (χ0n) is 57.3. The fourth-order valence-electron chi connectivity index (χ4n) is 13.4. The third-order valence-corrected chi connectivity index (χ3v) is 19.5. The average molecular weight is 1460 g/mol. The molecular formula is C65H79ClN24O12S. The molecule has 3 atom stereocenters. The smallest absolute Gasteiger partial charge is 0.292 e. The molecule has 4 bridgehead atoms. The molecule has 0 spiro atoms. The number of carbonyl (C=O) groups excluding carboxylic acids is 11. The summed E-state index contributed by atoms with van der Waals surface area (Å²) < 4.78 is 14.1. The molecule has 1 aliphatic heterocycles. The summed E-state index contributed by atoms with van der Waals surface area (Å²) in [6, 6.07) is 7.07. The number of aryl methyl sites for hydroxylation is 6. The predicted octanol–water partition coefficient (Wildman–Crippen LogP) is 2.62. The van der Waals surface area contributed by atoms with Crippen LogP contribution in [-0.4, -0.2) is 190 Å². The molecule has 103 heavy (non-hydrogen) atoms. The standard InChI is InChI=1S/C65H79ClN24O12S/c1-84-22-18-68-51(84)61(99)81-44-33-85(2)53(78-44)59(97)70-16-12-48(92)74-42-32-89(6)56(77-42)63(101)83-46-35-87(4)54(80-46)60(98)71-17-13-49(93)75-43-31-88(5)55(76-43)62(100)82-45-34-86(3)52(79-45)58(96)69-15-11-47(91)67-19-23-102-24-20-72-57(95)41-27-50(94)90(64(103-41)73-40-9-7-39(66)8-10-40)21-14-65-28-36-25-37(29-65)38(26-36)30-65/h7-10,18,22,31-38,41H,11-17,19-21,23-30H2,1-6H3,(H,67,91)(H,69,96)(H,70,97)(H,71,98)(H,72,95)(H,74,92)(H,75,93)(H,81,99)(H,82,100)(H,83,101)/b73-64-. The number of hydrogen-bond donors (Lipinski definition) is 10. The van der Waals surface area contributed by atoms with Crippen LogP contribution >= 0.6 is 23.4 Å². The number of nitrogens with one attached hydrogen (secondary N) is 10. The number of amidine groups is 1. The molecule has 6 aromatic heterocycles. The number of benzene rings is 1. The van der Waals surface area contributed by atoms with Gasteiger partial charge in [0, 0.05) is 156 Å². The molecule has 1 saturated heterocycles. The summed E-state index contributed by atoms with van der Waals surface area (Å²) >= 11 is 7.43. The maximum absolute atomic E-state index is 13.7. The third kappa shape index (κ3) is 18.4. The topological polar surface area (TPSA) is 440 Å². The quantitative estimate of drug-likeness (QED) is 0.0279. The van der Waals surface area contributed by atoms with E-state index in [1.807, 2.05) is 0 Å². The number of nitrogens with zero attached hydrogens (tertiary/aromatic N) is 14. The Kier molecular flexibility index (Phi) is 22.9. The van der Waals surface area contributed by atoms with Gasteiger partial charge in [-0.15, -0.1) is 0 Å². The van der Waals surface area contributed by atoms with Crippen LogP contribution in [0.2, 0.25) is 5.02 Å². The number of rotatable bonds is 31. The molecule has 544 valence electrons. The summed E-state index contributed by atoms with van der Waals surface area (Å²) in [7, 11) is 9.33. The third-order valence-electron chi connectivity index (χ3n) is 18.1. The van der Waals surface area contributed by atoms with Crippen molar-refractivity contribution in [1.82, 2.24) is 88.8 Å². The molecule has 5 fully saturated rings. The molecule has 0 radical (unpaired) electrons. The number of amides is 11. The van der Waals surface area contributed by atoms with Crippen molar-refractivity contribution in [3.8, 4) is 0 Å². The molecule has 4 aliphatic carbocycles. The normalized spacial score (nSPS) is 18.3. The number of thioether (sulfide) groups is 1. The SMILES string of the molecule is Cn1cc(NC(=O)c2nccn2C)nc1C(=O)NCCC(=O)Nc1cn(C)c(C(=O)Nc2cn(C)c(C(=O)NCCC(=O)Nc3cn(C)c(C(=O)Nc4cn(C)c(C(=O)NCCC(=O)NCCOCCNC(=O)C5CC(=O)N(CCC67CC8CC(C6)C(C8)C7)/C(=N/c6ccc(Cl)cc6)S5)n4)n3)n2)n1. The number of anilines is 5. The van der Waals surface area contributed by atoms with E-state index in [9.17, 15) is 52.7 Å². The van der Waals surface area contributed by atoms with Crippen LogP contribution < -0.4 is 53.2 Å². The molecule has 10 N–H and O–H groups in total. The van der Waals surface area contributed by atoms with E-state index in [-0.39, 0.29) is 153 Å². The van der Waals surface area contributed by atoms with E-state index < -0.39 is 52.5 Å². The minimum absolute atomic E-state index is 0.00631. The van der Waals surface area contributed by atoms with E-state index in [0.717, 1.165) is 24.2 Å². The van der Waals surface area contributed by atoms with Gasteiger partial charge >= 0.3 is 0 Å². The lowest BCUT2D eigenvalue weighted by Gasteiger charge is -2.40. The molecular weight excluding hydrogens is 1380 g/mol. The number of carbonyl (C=O) groups is 11. The van der Waals surface area contributed by atoms with Crippen molar-refractivity contribution in [2.24, 2.45) is 70.4 Å². The van der Waals surface area contributed by atoms with Gasteiger partial charge < -0.3 is 85.3 Å². The molecule has 1 aromatic carbocycles. The van der Waals surface area contributed by atoms with Crippen LogP contribution in [0.3, 0.4) is 0 Å². The molecule has 12 rings (SSSR count). The second-order valence-corrected chi connectivity index (χ2v) is 27.4. The Hall–Kier alpha value is -11.1. The summed E-state index contributed by atoms with van der Waals surface area (Å²) in [6.07, 6.45) is 17.1. The average Bonchev–Trinajstić information content (AvgIpc) is 1.59. The second kappa shape index (κ2) is 32.3. The monoisotopic (exact) mass is 1450 g/mol. The highest BCUT2D eigenvalue weighted by atomic mass is 35.5. The molecule has 3 unspecified atom stereocenters. The van der Waals surface area contributed by atoms with Crippen molar-refractivity contribution in [3.05, 3.63) is 108 Å². The Morgan fingerprint density at radius 2 is 0.951 bits per heavy atom. The van der Waals surface area contributed by atoms with Gasteiger partial charge in [-0.2, -0.15) is 0 Å². The van der Waals surface area contributed by atoms with Gasteiger partial charge in [0.05, 0.1) is 24.2 Å². The summed E-state index contributed by atoms with van der Waals surface area (Å²) in [5, 5.41) is 26.7. The molecule has 5 aliphatic rings. The van der Waals surface area contributed by atoms with Crippen LogP contribution in [0.5, 0.6) is 0 Å². The molecule has 7 aromatic rings. The number of halogens is 1. The lowest BCUT2D eigenvalue weighted by Crippen LogP contribution is -2.48. The van der Waals surface area contributed by atoms with Crippen molar-refractivity contribution in [3.63, 3.8) is 0 Å². The number of ether oxygens (including phenoxy) is 1. The van der Waals surface area contributed by atoms with Gasteiger partial charge in [0.1, 0.15) is 0 Å². The van der Waals surface area contributed by atoms with Crippen LogP contribution in [0.15, 0.2) is 72.6 Å². The van der Waals surface area contributed by atoms with Crippen LogP contribution in [0, 0.1) is 23.2 Å². The number of aliphatic imine (C=N–C) groups is 1. The van der Waals surface area contributed by atoms with Gasteiger partial charge in [-0.05, 0) is 86.0 Å². The Balaban J connectivity index is 0.539. The van der Waals surface area contributed by atoms with Gasteiger partial charge in [-0.1, -0.05) is 23.4 Å². The van der Waals surface area contributed by atoms with Crippen LogP contribution in [0.4, 0.5) is 34.8 Å². The summed E-state index contributed by atoms with van der Waals surface area (Å²) in [5.74, 6) is -3.30. The van der Waals surface area contributed by atoms with Gasteiger partial charge in [-0.3, -0.25) is 57.6 Å². The van der Waals surface area contributed by atoms with Crippen LogP contribution in [0.25, 0.3) is 0 Å².